The second-order valence-electron chi connectivity index (χ2n) is 6.74. The molecular weight excluding hydrogens is 398 g/mol. The van der Waals surface area contributed by atoms with Crippen LogP contribution in [0.2, 0.25) is 0 Å². The van der Waals surface area contributed by atoms with Crippen LogP contribution in [-0.2, 0) is 19.4 Å². The molecule has 0 spiro atoms. The van der Waals surface area contributed by atoms with E-state index in [0.29, 0.717) is 50.8 Å². The average Bonchev–Trinajstić information content (AvgIpc) is 2.68. The van der Waals surface area contributed by atoms with Crippen molar-refractivity contribution < 1.29 is 27.5 Å². The minimum absolute atomic E-state index is 0.0789. The van der Waals surface area contributed by atoms with Crippen molar-refractivity contribution in [1.29, 1.82) is 0 Å². The van der Waals surface area contributed by atoms with Gasteiger partial charge in [-0.2, -0.15) is 0 Å². The first kappa shape index (κ1) is 22.8. The molecule has 2 amide bonds. The van der Waals surface area contributed by atoms with Crippen LogP contribution in [0.15, 0.2) is 23.1 Å². The van der Waals surface area contributed by atoms with E-state index in [1.54, 1.807) is 35.8 Å². The topological polar surface area (TPSA) is 105 Å². The summed E-state index contributed by atoms with van der Waals surface area (Å²) >= 11 is 0. The number of nitrogens with one attached hydrogen (secondary N) is 1. The lowest BCUT2D eigenvalue weighted by atomic mass is 10.2. The Bertz CT molecular complexity index is 834. The summed E-state index contributed by atoms with van der Waals surface area (Å²) < 4.78 is 34.7. The molecule has 0 saturated carbocycles. The number of ether oxygens (including phenoxy) is 2. The highest BCUT2D eigenvalue weighted by molar-refractivity contribution is 7.90. The van der Waals surface area contributed by atoms with E-state index in [0.717, 1.165) is 6.26 Å². The van der Waals surface area contributed by atoms with Gasteiger partial charge in [-0.3, -0.25) is 4.79 Å². The molecule has 29 heavy (non-hydrogen) atoms. The number of hydrogen-bond acceptors (Lipinski definition) is 7. The maximum Gasteiger partial charge on any atom is 0.409 e. The molecule has 10 heteroatoms. The van der Waals surface area contributed by atoms with Gasteiger partial charge in [0.05, 0.1) is 23.8 Å². The molecular formula is C19H29N3O6S. The molecule has 0 aliphatic carbocycles. The van der Waals surface area contributed by atoms with E-state index >= 15 is 0 Å². The Labute approximate surface area is 171 Å². The zero-order valence-electron chi connectivity index (χ0n) is 17.3. The molecule has 162 valence electrons. The molecule has 1 aliphatic rings. The van der Waals surface area contributed by atoms with Gasteiger partial charge in [0.1, 0.15) is 11.8 Å². The number of hydrogen-bond donors (Lipinski definition) is 1. The summed E-state index contributed by atoms with van der Waals surface area (Å²) in [7, 11) is -3.52. The number of sulfone groups is 1. The van der Waals surface area contributed by atoms with Crippen LogP contribution >= 0.6 is 0 Å². The molecule has 9 nitrogen and oxygen atoms in total. The van der Waals surface area contributed by atoms with Gasteiger partial charge in [-0.1, -0.05) is 0 Å². The fraction of sp³-hybridized carbons (Fsp3) is 0.579. The smallest absolute Gasteiger partial charge is 0.409 e. The minimum atomic E-state index is -3.52. The van der Waals surface area contributed by atoms with E-state index in [4.69, 9.17) is 9.47 Å². The predicted molar refractivity (Wildman–Crippen MR) is 109 cm³/mol. The van der Waals surface area contributed by atoms with Gasteiger partial charge in [0.2, 0.25) is 5.91 Å². The maximum absolute atomic E-state index is 12.8. The second kappa shape index (κ2) is 9.82. The van der Waals surface area contributed by atoms with Crippen molar-refractivity contribution in [2.75, 3.05) is 51.0 Å². The molecule has 1 N–H and O–H groups in total. The van der Waals surface area contributed by atoms with Crippen molar-refractivity contribution in [3.05, 3.63) is 18.2 Å². The lowest BCUT2D eigenvalue weighted by Crippen LogP contribution is -2.53. The molecule has 1 aromatic carbocycles. The van der Waals surface area contributed by atoms with Crippen LogP contribution in [0.1, 0.15) is 20.8 Å². The van der Waals surface area contributed by atoms with Crippen molar-refractivity contribution in [2.45, 2.75) is 31.7 Å². The second-order valence-corrected chi connectivity index (χ2v) is 8.72. The van der Waals surface area contributed by atoms with Gasteiger partial charge >= 0.3 is 6.09 Å². The average molecular weight is 428 g/mol. The summed E-state index contributed by atoms with van der Waals surface area (Å²) in [6, 6.07) is 4.08. The van der Waals surface area contributed by atoms with Gasteiger partial charge in [-0.25, -0.2) is 13.2 Å². The van der Waals surface area contributed by atoms with Crippen LogP contribution in [0.4, 0.5) is 10.5 Å². The third-order valence-corrected chi connectivity index (χ3v) is 5.66. The Hall–Kier alpha value is -2.49. The van der Waals surface area contributed by atoms with Gasteiger partial charge in [0.25, 0.3) is 0 Å². The standard InChI is InChI=1S/C19H29N3O6S/c1-5-27-15-7-8-16(17(13-15)29(4,25)26)20-14(3)18(23)21-9-11-22(12-10-21)19(24)28-6-2/h7-8,13-14,20H,5-6,9-12H2,1-4H3. The summed E-state index contributed by atoms with van der Waals surface area (Å²) in [4.78, 5) is 27.9. The highest BCUT2D eigenvalue weighted by Gasteiger charge is 2.28. The number of nitrogens with zero attached hydrogens (tertiary/aromatic N) is 2. The number of carbonyl (C=O) groups excluding carboxylic acids is 2. The van der Waals surface area contributed by atoms with Crippen LogP contribution in [0.5, 0.6) is 5.75 Å². The fourth-order valence-electron chi connectivity index (χ4n) is 3.08. The predicted octanol–water partition coefficient (Wildman–Crippen LogP) is 1.59. The van der Waals surface area contributed by atoms with Gasteiger partial charge in [0.15, 0.2) is 9.84 Å². The molecule has 1 atom stereocenters. The largest absolute Gasteiger partial charge is 0.494 e. The number of carbonyl (C=O) groups is 2. The highest BCUT2D eigenvalue weighted by atomic mass is 32.2. The van der Waals surface area contributed by atoms with E-state index in [1.165, 1.54) is 6.07 Å². The summed E-state index contributed by atoms with van der Waals surface area (Å²) in [5.74, 6) is 0.286. The van der Waals surface area contributed by atoms with Crippen molar-refractivity contribution >= 4 is 27.5 Å². The lowest BCUT2D eigenvalue weighted by molar-refractivity contribution is -0.133. The number of benzene rings is 1. The summed E-state index contributed by atoms with van der Waals surface area (Å²) in [5.41, 5.74) is 0.349. The van der Waals surface area contributed by atoms with E-state index < -0.39 is 15.9 Å². The molecule has 2 rings (SSSR count). The van der Waals surface area contributed by atoms with Gasteiger partial charge in [-0.15, -0.1) is 0 Å². The van der Waals surface area contributed by atoms with Gasteiger partial charge in [0, 0.05) is 38.5 Å². The number of piperazine rings is 1. The molecule has 1 aromatic rings. The zero-order chi connectivity index (χ0) is 21.6. The highest BCUT2D eigenvalue weighted by Crippen LogP contribution is 2.27. The Morgan fingerprint density at radius 3 is 2.28 bits per heavy atom. The first-order valence-corrected chi connectivity index (χ1v) is 11.5. The third kappa shape index (κ3) is 5.99. The van der Waals surface area contributed by atoms with Crippen molar-refractivity contribution in [3.63, 3.8) is 0 Å². The van der Waals surface area contributed by atoms with E-state index in [2.05, 4.69) is 5.32 Å². The van der Waals surface area contributed by atoms with E-state index in [1.807, 2.05) is 6.92 Å². The van der Waals surface area contributed by atoms with Crippen LogP contribution in [0.25, 0.3) is 0 Å². The van der Waals surface area contributed by atoms with Crippen molar-refractivity contribution in [1.82, 2.24) is 9.80 Å². The van der Waals surface area contributed by atoms with Crippen molar-refractivity contribution in [3.8, 4) is 5.75 Å². The summed E-state index contributed by atoms with van der Waals surface area (Å²) in [5, 5.41) is 3.01. The Morgan fingerprint density at radius 2 is 1.72 bits per heavy atom. The zero-order valence-corrected chi connectivity index (χ0v) is 18.1. The molecule has 1 unspecified atom stereocenters. The molecule has 0 aromatic heterocycles. The van der Waals surface area contributed by atoms with E-state index in [-0.39, 0.29) is 16.9 Å². The first-order chi connectivity index (χ1) is 13.7. The van der Waals surface area contributed by atoms with Gasteiger partial charge < -0.3 is 24.6 Å². The normalized spacial score (nSPS) is 15.6. The van der Waals surface area contributed by atoms with E-state index in [9.17, 15) is 18.0 Å². The molecule has 1 heterocycles. The minimum Gasteiger partial charge on any atom is -0.494 e. The Balaban J connectivity index is 2.06. The summed E-state index contributed by atoms with van der Waals surface area (Å²) in [6.45, 7) is 7.56. The molecule has 1 saturated heterocycles. The SMILES string of the molecule is CCOC(=O)N1CCN(C(=O)C(C)Nc2ccc(OCC)cc2S(C)(=O)=O)CC1. The van der Waals surface area contributed by atoms with Crippen LogP contribution < -0.4 is 10.1 Å². The van der Waals surface area contributed by atoms with Crippen LogP contribution in [0, 0.1) is 0 Å². The van der Waals surface area contributed by atoms with Crippen molar-refractivity contribution in [2.24, 2.45) is 0 Å². The first-order valence-electron chi connectivity index (χ1n) is 9.61. The lowest BCUT2D eigenvalue weighted by Gasteiger charge is -2.35. The molecule has 1 fully saturated rings. The molecule has 1 aliphatic heterocycles. The van der Waals surface area contributed by atoms with Crippen LogP contribution in [-0.4, -0.2) is 81.9 Å². The summed E-state index contributed by atoms with van der Waals surface area (Å²) in [6.07, 6.45) is 0.739. The van der Waals surface area contributed by atoms with Crippen LogP contribution in [0.3, 0.4) is 0 Å². The molecule has 0 radical (unpaired) electrons. The number of anilines is 1. The third-order valence-electron chi connectivity index (χ3n) is 4.52. The Kier molecular flexibility index (Phi) is 7.72. The van der Waals surface area contributed by atoms with Gasteiger partial charge in [-0.05, 0) is 32.9 Å². The fourth-order valence-corrected chi connectivity index (χ4v) is 3.93. The Morgan fingerprint density at radius 1 is 1.10 bits per heavy atom. The number of rotatable bonds is 7. The number of amides is 2. The quantitative estimate of drug-likeness (QED) is 0.704. The maximum atomic E-state index is 12.8. The monoisotopic (exact) mass is 427 g/mol. The molecule has 0 bridgehead atoms.